The first-order valence-electron chi connectivity index (χ1n) is 7.58. The van der Waals surface area contributed by atoms with Gasteiger partial charge in [-0.2, -0.15) is 0 Å². The summed E-state index contributed by atoms with van der Waals surface area (Å²) in [6.07, 6.45) is 1.33. The van der Waals surface area contributed by atoms with Crippen molar-refractivity contribution in [3.8, 4) is 0 Å². The van der Waals surface area contributed by atoms with Crippen molar-refractivity contribution in [1.29, 1.82) is 0 Å². The highest BCUT2D eigenvalue weighted by atomic mass is 28.4. The minimum absolute atomic E-state index is 0.103. The topological polar surface area (TPSA) is 49.7 Å². The molecule has 0 saturated heterocycles. The molecule has 0 aromatic heterocycles. The van der Waals surface area contributed by atoms with Crippen LogP contribution < -0.4 is 0 Å². The van der Waals surface area contributed by atoms with Gasteiger partial charge >= 0.3 is 0 Å². The summed E-state index contributed by atoms with van der Waals surface area (Å²) in [7, 11) is -1.93. The van der Waals surface area contributed by atoms with E-state index in [1.165, 1.54) is 0 Å². The van der Waals surface area contributed by atoms with Crippen LogP contribution in [0.3, 0.4) is 0 Å². The predicted octanol–water partition coefficient (Wildman–Crippen LogP) is 4.02. The standard InChI is InChI=1S/C17H34O3Si/c1-13(20-21(9,10)15(2,3)4)14(17(7,8)19)11-12-16(5,6)18/h12-13,18-19H,1-10H3. The molecule has 4 heteroatoms. The molecule has 0 aliphatic carbocycles. The van der Waals surface area contributed by atoms with Crippen LogP contribution >= 0.6 is 0 Å². The summed E-state index contributed by atoms with van der Waals surface area (Å²) >= 11 is 0. The zero-order valence-corrected chi connectivity index (χ0v) is 16.5. The Labute approximate surface area is 131 Å². The van der Waals surface area contributed by atoms with Gasteiger partial charge in [-0.05, 0) is 58.8 Å². The van der Waals surface area contributed by atoms with Gasteiger partial charge in [0.05, 0.1) is 17.3 Å². The van der Waals surface area contributed by atoms with Crippen LogP contribution in [0.4, 0.5) is 0 Å². The maximum atomic E-state index is 10.4. The Bertz CT molecular complexity index is 411. The molecule has 0 bridgehead atoms. The molecule has 3 nitrogen and oxygen atoms in total. The molecule has 0 amide bonds. The highest BCUT2D eigenvalue weighted by molar-refractivity contribution is 6.74. The molecular weight excluding hydrogens is 280 g/mol. The van der Waals surface area contributed by atoms with Gasteiger partial charge < -0.3 is 14.6 Å². The van der Waals surface area contributed by atoms with Crippen molar-refractivity contribution < 1.29 is 14.6 Å². The van der Waals surface area contributed by atoms with Crippen molar-refractivity contribution in [1.82, 2.24) is 0 Å². The molecule has 0 aromatic carbocycles. The third kappa shape index (κ3) is 6.94. The summed E-state index contributed by atoms with van der Waals surface area (Å²) in [5.74, 6) is 0. The predicted molar refractivity (Wildman–Crippen MR) is 91.9 cm³/mol. The lowest BCUT2D eigenvalue weighted by atomic mass is 9.94. The third-order valence-corrected chi connectivity index (χ3v) is 8.48. The second-order valence-electron chi connectivity index (χ2n) is 8.44. The van der Waals surface area contributed by atoms with E-state index in [-0.39, 0.29) is 11.1 Å². The van der Waals surface area contributed by atoms with E-state index in [4.69, 9.17) is 4.43 Å². The Morgan fingerprint density at radius 3 is 1.76 bits per heavy atom. The Morgan fingerprint density at radius 2 is 1.48 bits per heavy atom. The second kappa shape index (κ2) is 6.39. The van der Waals surface area contributed by atoms with Crippen LogP contribution in [-0.2, 0) is 4.43 Å². The van der Waals surface area contributed by atoms with Crippen LogP contribution in [0.25, 0.3) is 0 Å². The number of hydrogen-bond donors (Lipinski definition) is 2. The fourth-order valence-electron chi connectivity index (χ4n) is 1.72. The number of hydrogen-bond acceptors (Lipinski definition) is 3. The summed E-state index contributed by atoms with van der Waals surface area (Å²) in [6, 6.07) is 0. The van der Waals surface area contributed by atoms with Gasteiger partial charge in [0, 0.05) is 5.57 Å². The van der Waals surface area contributed by atoms with E-state index in [1.54, 1.807) is 33.8 Å². The number of aliphatic hydroxyl groups is 2. The van der Waals surface area contributed by atoms with Crippen LogP contribution in [-0.4, -0.2) is 35.8 Å². The monoisotopic (exact) mass is 314 g/mol. The van der Waals surface area contributed by atoms with Crippen molar-refractivity contribution >= 4 is 8.32 Å². The maximum absolute atomic E-state index is 10.4. The molecule has 1 atom stereocenters. The van der Waals surface area contributed by atoms with E-state index in [1.807, 2.05) is 6.92 Å². The second-order valence-corrected chi connectivity index (χ2v) is 13.2. The molecule has 0 aromatic rings. The summed E-state index contributed by atoms with van der Waals surface area (Å²) in [5, 5.41) is 20.3. The van der Waals surface area contributed by atoms with Crippen LogP contribution in [0.15, 0.2) is 17.4 Å². The fraction of sp³-hybridized carbons (Fsp3) is 0.824. The minimum Gasteiger partial charge on any atom is -0.410 e. The number of rotatable bonds is 5. The lowest BCUT2D eigenvalue weighted by molar-refractivity contribution is 0.0879. The lowest BCUT2D eigenvalue weighted by Crippen LogP contribution is -2.45. The minimum atomic E-state index is -1.93. The first-order valence-corrected chi connectivity index (χ1v) is 10.5. The van der Waals surface area contributed by atoms with Gasteiger partial charge in [-0.1, -0.05) is 20.8 Å². The van der Waals surface area contributed by atoms with Gasteiger partial charge in [-0.25, -0.2) is 0 Å². The summed E-state index contributed by atoms with van der Waals surface area (Å²) in [6.45, 7) is 19.7. The van der Waals surface area contributed by atoms with Crippen molar-refractivity contribution in [2.24, 2.45) is 0 Å². The first-order chi connectivity index (χ1) is 8.97. The molecule has 2 N–H and O–H groups in total. The normalized spacial score (nSPS) is 15.4. The van der Waals surface area contributed by atoms with E-state index in [2.05, 4.69) is 39.6 Å². The zero-order valence-electron chi connectivity index (χ0n) is 15.5. The van der Waals surface area contributed by atoms with Gasteiger partial charge in [0.2, 0.25) is 0 Å². The van der Waals surface area contributed by atoms with Crippen LogP contribution in [0.5, 0.6) is 0 Å². The van der Waals surface area contributed by atoms with Crippen molar-refractivity contribution in [2.75, 3.05) is 0 Å². The summed E-state index contributed by atoms with van der Waals surface area (Å²) in [5.41, 5.74) is 1.72. The smallest absolute Gasteiger partial charge is 0.192 e. The van der Waals surface area contributed by atoms with Gasteiger partial charge in [0.25, 0.3) is 0 Å². The Kier molecular flexibility index (Phi) is 6.27. The fourth-order valence-corrected chi connectivity index (χ4v) is 3.08. The maximum Gasteiger partial charge on any atom is 0.192 e. The molecule has 0 aliphatic heterocycles. The molecule has 21 heavy (non-hydrogen) atoms. The molecule has 0 saturated carbocycles. The van der Waals surface area contributed by atoms with Gasteiger partial charge in [0.15, 0.2) is 8.32 Å². The van der Waals surface area contributed by atoms with Gasteiger partial charge in [-0.3, -0.25) is 0 Å². The van der Waals surface area contributed by atoms with E-state index < -0.39 is 19.5 Å². The van der Waals surface area contributed by atoms with Crippen LogP contribution in [0, 0.1) is 0 Å². The molecule has 0 spiro atoms. The molecule has 1 unspecified atom stereocenters. The Hall–Kier alpha value is -0.383. The molecule has 0 rings (SSSR count). The Morgan fingerprint density at radius 1 is 1.05 bits per heavy atom. The average Bonchev–Trinajstić information content (AvgIpc) is 2.09. The highest BCUT2D eigenvalue weighted by Crippen LogP contribution is 2.38. The van der Waals surface area contributed by atoms with E-state index in [0.29, 0.717) is 5.57 Å². The van der Waals surface area contributed by atoms with E-state index >= 15 is 0 Å². The molecule has 0 radical (unpaired) electrons. The molecule has 124 valence electrons. The highest BCUT2D eigenvalue weighted by Gasteiger charge is 2.40. The summed E-state index contributed by atoms with van der Waals surface area (Å²) < 4.78 is 6.33. The van der Waals surface area contributed by atoms with Crippen LogP contribution in [0.2, 0.25) is 18.1 Å². The van der Waals surface area contributed by atoms with Gasteiger partial charge in [0.1, 0.15) is 0 Å². The first kappa shape index (κ1) is 20.6. The average molecular weight is 315 g/mol. The van der Waals surface area contributed by atoms with Crippen molar-refractivity contribution in [2.45, 2.75) is 90.8 Å². The quantitative estimate of drug-likeness (QED) is 0.595. The van der Waals surface area contributed by atoms with Gasteiger partial charge in [-0.15, -0.1) is 5.73 Å². The molecular formula is C17H34O3Si. The molecule has 0 heterocycles. The lowest BCUT2D eigenvalue weighted by Gasteiger charge is -2.40. The van der Waals surface area contributed by atoms with Crippen molar-refractivity contribution in [3.63, 3.8) is 0 Å². The summed E-state index contributed by atoms with van der Waals surface area (Å²) in [4.78, 5) is 0. The van der Waals surface area contributed by atoms with Crippen molar-refractivity contribution in [3.05, 3.63) is 17.4 Å². The zero-order chi connectivity index (χ0) is 17.3. The Balaban J connectivity index is 5.57. The molecule has 0 aliphatic rings. The van der Waals surface area contributed by atoms with E-state index in [9.17, 15) is 10.2 Å². The molecule has 0 fully saturated rings. The SMILES string of the molecule is CC(O[Si](C)(C)C(C)(C)C)C(=C=CC(C)(C)O)C(C)(C)O. The largest absolute Gasteiger partial charge is 0.410 e. The van der Waals surface area contributed by atoms with Crippen LogP contribution in [0.1, 0.15) is 55.4 Å². The third-order valence-electron chi connectivity index (χ3n) is 3.92. The van der Waals surface area contributed by atoms with E-state index in [0.717, 1.165) is 0 Å².